The first-order valence-electron chi connectivity index (χ1n) is 8.72. The first-order chi connectivity index (χ1) is 12.4. The molecule has 1 unspecified atom stereocenters. The van der Waals surface area contributed by atoms with E-state index in [2.05, 4.69) is 25.7 Å². The number of alkyl halides is 3. The minimum Gasteiger partial charge on any atom is -0.486 e. The number of benzene rings is 2. The summed E-state index contributed by atoms with van der Waals surface area (Å²) in [7, 11) is 0. The second-order valence-electron chi connectivity index (χ2n) is 5.71. The van der Waals surface area contributed by atoms with Crippen LogP contribution in [0.5, 0.6) is 5.75 Å². The average molecular weight is 362 g/mol. The molecule has 0 saturated heterocycles. The number of ether oxygens (including phenoxy) is 1. The molecular weight excluding hydrogens is 337 g/mol. The second kappa shape index (κ2) is 10.6. The third-order valence-electron chi connectivity index (χ3n) is 3.38. The monoisotopic (exact) mass is 362 g/mol. The fourth-order valence-corrected chi connectivity index (χ4v) is 2.29. The lowest BCUT2D eigenvalue weighted by Gasteiger charge is -2.19. The van der Waals surface area contributed by atoms with Crippen LogP contribution in [0.4, 0.5) is 13.2 Å². The van der Waals surface area contributed by atoms with Crippen molar-refractivity contribution in [3.8, 4) is 17.6 Å². The van der Waals surface area contributed by atoms with Gasteiger partial charge >= 0.3 is 6.18 Å². The van der Waals surface area contributed by atoms with E-state index in [1.807, 2.05) is 37.3 Å². The van der Waals surface area contributed by atoms with Crippen LogP contribution in [-0.2, 0) is 6.18 Å². The molecule has 0 heterocycles. The molecule has 4 heteroatoms. The molecule has 2 rings (SSSR count). The zero-order valence-electron chi connectivity index (χ0n) is 15.7. The molecule has 2 aromatic carbocycles. The average Bonchev–Trinajstić information content (AvgIpc) is 2.61. The van der Waals surface area contributed by atoms with Crippen LogP contribution in [0.25, 0.3) is 0 Å². The Morgan fingerprint density at radius 1 is 1.00 bits per heavy atom. The molecule has 0 fully saturated rings. The molecule has 1 nitrogen and oxygen atoms in total. The Morgan fingerprint density at radius 2 is 1.62 bits per heavy atom. The molecule has 1 atom stereocenters. The fraction of sp³-hybridized carbons (Fsp3) is 0.364. The van der Waals surface area contributed by atoms with Crippen molar-refractivity contribution in [3.63, 3.8) is 0 Å². The highest BCUT2D eigenvalue weighted by molar-refractivity contribution is 5.47. The Bertz CT molecular complexity index is 725. The smallest absolute Gasteiger partial charge is 0.417 e. The summed E-state index contributed by atoms with van der Waals surface area (Å²) in [6, 6.07) is 13.3. The van der Waals surface area contributed by atoms with E-state index in [9.17, 15) is 13.2 Å². The molecule has 0 aliphatic rings. The minimum atomic E-state index is -4.47. The first kappa shape index (κ1) is 21.6. The number of rotatable bonds is 4. The summed E-state index contributed by atoms with van der Waals surface area (Å²) in [5, 5.41) is 0. The van der Waals surface area contributed by atoms with Gasteiger partial charge in [0.05, 0.1) is 5.56 Å². The van der Waals surface area contributed by atoms with Crippen LogP contribution in [-0.4, -0.2) is 0 Å². The normalized spacial score (nSPS) is 11.5. The van der Waals surface area contributed by atoms with Gasteiger partial charge in [0.15, 0.2) is 0 Å². The zero-order valence-corrected chi connectivity index (χ0v) is 15.7. The Morgan fingerprint density at radius 3 is 2.12 bits per heavy atom. The molecule has 0 aliphatic carbocycles. The maximum absolute atomic E-state index is 13.2. The van der Waals surface area contributed by atoms with Crippen molar-refractivity contribution in [2.45, 2.75) is 52.8 Å². The molecule has 0 saturated carbocycles. The summed E-state index contributed by atoms with van der Waals surface area (Å²) < 4.78 is 45.3. The maximum Gasteiger partial charge on any atom is 0.417 e. The quantitative estimate of drug-likeness (QED) is 0.531. The topological polar surface area (TPSA) is 9.23 Å². The standard InChI is InChI=1S/C19H17F3O.C3H8/c1-3-8-14-11-12-16(13-17(14)19(20,21)22)23-18(4-2)15-9-6-5-7-10-15;1-3-2/h5-7,9-13,18H,4H2,1-2H3;3H2,1-2H3. The van der Waals surface area contributed by atoms with Gasteiger partial charge in [-0.1, -0.05) is 63.4 Å². The van der Waals surface area contributed by atoms with E-state index in [0.717, 1.165) is 11.6 Å². The molecule has 26 heavy (non-hydrogen) atoms. The van der Waals surface area contributed by atoms with Gasteiger partial charge in [0.25, 0.3) is 0 Å². The molecule has 0 aromatic heterocycles. The Labute approximate surface area is 154 Å². The summed E-state index contributed by atoms with van der Waals surface area (Å²) in [4.78, 5) is 0. The lowest BCUT2D eigenvalue weighted by Crippen LogP contribution is -2.10. The van der Waals surface area contributed by atoms with Gasteiger partial charge < -0.3 is 4.74 Å². The summed E-state index contributed by atoms with van der Waals surface area (Å²) in [5.41, 5.74) is 0.119. The van der Waals surface area contributed by atoms with Crippen molar-refractivity contribution in [3.05, 3.63) is 65.2 Å². The number of hydrogen-bond donors (Lipinski definition) is 0. The molecule has 0 spiro atoms. The maximum atomic E-state index is 13.2. The molecule has 0 radical (unpaired) electrons. The molecule has 140 valence electrons. The molecule has 0 N–H and O–H groups in total. The van der Waals surface area contributed by atoms with E-state index in [4.69, 9.17) is 4.74 Å². The fourth-order valence-electron chi connectivity index (χ4n) is 2.29. The van der Waals surface area contributed by atoms with E-state index >= 15 is 0 Å². The van der Waals surface area contributed by atoms with Crippen LogP contribution in [0.2, 0.25) is 0 Å². The zero-order chi connectivity index (χ0) is 19.6. The Balaban J connectivity index is 0.00000105. The second-order valence-corrected chi connectivity index (χ2v) is 5.71. The van der Waals surface area contributed by atoms with Gasteiger partial charge in [-0.05, 0) is 37.1 Å². The summed E-state index contributed by atoms with van der Waals surface area (Å²) in [6.45, 7) is 7.69. The summed E-state index contributed by atoms with van der Waals surface area (Å²) in [5.74, 6) is 5.18. The van der Waals surface area contributed by atoms with Gasteiger partial charge in [0.2, 0.25) is 0 Å². The summed E-state index contributed by atoms with van der Waals surface area (Å²) >= 11 is 0. The van der Waals surface area contributed by atoms with Crippen LogP contribution in [0.3, 0.4) is 0 Å². The highest BCUT2D eigenvalue weighted by atomic mass is 19.4. The van der Waals surface area contributed by atoms with Gasteiger partial charge in [-0.3, -0.25) is 0 Å². The van der Waals surface area contributed by atoms with Gasteiger partial charge in [-0.15, -0.1) is 5.92 Å². The molecule has 0 bridgehead atoms. The SMILES string of the molecule is CC#Cc1ccc(OC(CC)c2ccccc2)cc1C(F)(F)F.CCC. The van der Waals surface area contributed by atoms with Gasteiger partial charge in [0, 0.05) is 5.56 Å². The molecule has 2 aromatic rings. The van der Waals surface area contributed by atoms with E-state index in [0.29, 0.717) is 6.42 Å². The predicted molar refractivity (Wildman–Crippen MR) is 100 cm³/mol. The lowest BCUT2D eigenvalue weighted by molar-refractivity contribution is -0.137. The van der Waals surface area contributed by atoms with E-state index in [-0.39, 0.29) is 17.4 Å². The largest absolute Gasteiger partial charge is 0.486 e. The van der Waals surface area contributed by atoms with Gasteiger partial charge in [-0.25, -0.2) is 0 Å². The van der Waals surface area contributed by atoms with Crippen molar-refractivity contribution >= 4 is 0 Å². The minimum absolute atomic E-state index is 0.0416. The van der Waals surface area contributed by atoms with Crippen LogP contribution >= 0.6 is 0 Å². The predicted octanol–water partition coefficient (Wildman–Crippen LogP) is 7.02. The molecular formula is C22H25F3O. The van der Waals surface area contributed by atoms with Crippen molar-refractivity contribution < 1.29 is 17.9 Å². The number of halogens is 3. The van der Waals surface area contributed by atoms with Crippen LogP contribution in [0.15, 0.2) is 48.5 Å². The van der Waals surface area contributed by atoms with E-state index in [1.54, 1.807) is 0 Å². The Hall–Kier alpha value is -2.41. The van der Waals surface area contributed by atoms with Crippen molar-refractivity contribution in [1.82, 2.24) is 0 Å². The van der Waals surface area contributed by atoms with Gasteiger partial charge in [-0.2, -0.15) is 13.2 Å². The molecule has 0 amide bonds. The van der Waals surface area contributed by atoms with Crippen LogP contribution in [0, 0.1) is 11.8 Å². The van der Waals surface area contributed by atoms with Gasteiger partial charge in [0.1, 0.15) is 11.9 Å². The number of hydrogen-bond acceptors (Lipinski definition) is 1. The van der Waals surface area contributed by atoms with Crippen LogP contribution < -0.4 is 4.74 Å². The molecule has 0 aliphatic heterocycles. The lowest BCUT2D eigenvalue weighted by atomic mass is 10.1. The summed E-state index contributed by atoms with van der Waals surface area (Å²) in [6.07, 6.45) is -2.85. The van der Waals surface area contributed by atoms with E-state index in [1.165, 1.54) is 25.5 Å². The Kier molecular flexibility index (Phi) is 8.78. The highest BCUT2D eigenvalue weighted by Gasteiger charge is 2.33. The van der Waals surface area contributed by atoms with Crippen molar-refractivity contribution in [1.29, 1.82) is 0 Å². The first-order valence-corrected chi connectivity index (χ1v) is 8.72. The van der Waals surface area contributed by atoms with Crippen molar-refractivity contribution in [2.75, 3.05) is 0 Å². The van der Waals surface area contributed by atoms with Crippen molar-refractivity contribution in [2.24, 2.45) is 0 Å². The third-order valence-corrected chi connectivity index (χ3v) is 3.38. The van der Waals surface area contributed by atoms with Crippen LogP contribution in [0.1, 0.15) is 63.3 Å². The third kappa shape index (κ3) is 6.48. The highest BCUT2D eigenvalue weighted by Crippen LogP contribution is 2.35. The van der Waals surface area contributed by atoms with E-state index < -0.39 is 11.7 Å².